The lowest BCUT2D eigenvalue weighted by Gasteiger charge is -2.25. The lowest BCUT2D eigenvalue weighted by atomic mass is 9.81. The molecule has 1 aliphatic heterocycles. The highest BCUT2D eigenvalue weighted by Gasteiger charge is 2.37. The number of carbonyl (C=O) groups is 1. The van der Waals surface area contributed by atoms with Gasteiger partial charge in [0.05, 0.1) is 5.41 Å². The van der Waals surface area contributed by atoms with Crippen LogP contribution in [0.1, 0.15) is 32.3 Å². The second-order valence-electron chi connectivity index (χ2n) is 5.12. The summed E-state index contributed by atoms with van der Waals surface area (Å²) >= 11 is 0. The summed E-state index contributed by atoms with van der Waals surface area (Å²) in [7, 11) is 0. The van der Waals surface area contributed by atoms with Gasteiger partial charge in [-0.2, -0.15) is 0 Å². The Morgan fingerprint density at radius 1 is 1.61 bits per heavy atom. The number of benzene rings is 1. The van der Waals surface area contributed by atoms with Gasteiger partial charge in [-0.05, 0) is 31.5 Å². The average Bonchev–Trinajstić information content (AvgIpc) is 2.69. The molecule has 1 heterocycles. The van der Waals surface area contributed by atoms with Gasteiger partial charge in [-0.15, -0.1) is 0 Å². The van der Waals surface area contributed by atoms with E-state index in [1.54, 1.807) is 13.0 Å². The van der Waals surface area contributed by atoms with Gasteiger partial charge in [-0.3, -0.25) is 4.79 Å². The highest BCUT2D eigenvalue weighted by Crippen LogP contribution is 2.36. The molecule has 1 aromatic carbocycles. The number of rotatable bonds is 4. The van der Waals surface area contributed by atoms with E-state index in [0.717, 1.165) is 5.56 Å². The van der Waals surface area contributed by atoms with E-state index in [4.69, 9.17) is 4.74 Å². The minimum Gasteiger partial charge on any atom is -0.490 e. The van der Waals surface area contributed by atoms with E-state index in [1.165, 1.54) is 12.1 Å². The molecule has 1 N–H and O–H groups in total. The summed E-state index contributed by atoms with van der Waals surface area (Å²) in [5, 5.41) is 9.24. The van der Waals surface area contributed by atoms with Crippen LogP contribution in [0.15, 0.2) is 18.2 Å². The van der Waals surface area contributed by atoms with E-state index >= 15 is 0 Å². The fraction of sp³-hybridized carbons (Fsp3) is 0.500. The molecule has 0 fully saturated rings. The topological polar surface area (TPSA) is 46.5 Å². The molecule has 98 valence electrons. The standard InChI is InChI=1S/C14H17FO3/c1-3-14(2,13(16)17)8-11-7-9-6-10(15)4-5-12(9)18-11/h4-6,11H,3,7-8H2,1-2H3,(H,16,17). The second kappa shape index (κ2) is 4.59. The Bertz CT molecular complexity index is 472. The van der Waals surface area contributed by atoms with Crippen LogP contribution in [0, 0.1) is 11.2 Å². The van der Waals surface area contributed by atoms with Crippen molar-refractivity contribution in [2.75, 3.05) is 0 Å². The predicted molar refractivity (Wildman–Crippen MR) is 65.2 cm³/mol. The lowest BCUT2D eigenvalue weighted by Crippen LogP contribution is -2.33. The number of carboxylic acids is 1. The lowest BCUT2D eigenvalue weighted by molar-refractivity contribution is -0.149. The maximum atomic E-state index is 13.1. The second-order valence-corrected chi connectivity index (χ2v) is 5.12. The van der Waals surface area contributed by atoms with Crippen LogP contribution in [0.2, 0.25) is 0 Å². The van der Waals surface area contributed by atoms with Crippen molar-refractivity contribution in [3.63, 3.8) is 0 Å². The zero-order valence-electron chi connectivity index (χ0n) is 10.6. The maximum absolute atomic E-state index is 13.1. The third-order valence-corrected chi connectivity index (χ3v) is 3.74. The molecule has 0 radical (unpaired) electrons. The molecule has 2 rings (SSSR count). The van der Waals surface area contributed by atoms with Gasteiger partial charge >= 0.3 is 5.97 Å². The Balaban J connectivity index is 2.10. The Morgan fingerprint density at radius 3 is 2.94 bits per heavy atom. The monoisotopic (exact) mass is 252 g/mol. The van der Waals surface area contributed by atoms with Crippen LogP contribution in [-0.4, -0.2) is 17.2 Å². The maximum Gasteiger partial charge on any atom is 0.309 e. The normalized spacial score (nSPS) is 20.9. The van der Waals surface area contributed by atoms with Gasteiger partial charge in [0.15, 0.2) is 0 Å². The molecule has 1 aliphatic rings. The van der Waals surface area contributed by atoms with E-state index < -0.39 is 11.4 Å². The van der Waals surface area contributed by atoms with Crippen LogP contribution >= 0.6 is 0 Å². The number of carboxylic acid groups (broad SMARTS) is 1. The molecule has 4 heteroatoms. The first kappa shape index (κ1) is 12.9. The third kappa shape index (κ3) is 2.33. The van der Waals surface area contributed by atoms with Crippen molar-refractivity contribution in [1.29, 1.82) is 0 Å². The number of halogens is 1. The highest BCUT2D eigenvalue weighted by molar-refractivity contribution is 5.74. The molecule has 2 atom stereocenters. The number of hydrogen-bond acceptors (Lipinski definition) is 2. The Labute approximate surface area is 106 Å². The summed E-state index contributed by atoms with van der Waals surface area (Å²) in [5.41, 5.74) is 0.0365. The first-order chi connectivity index (χ1) is 8.44. The molecule has 0 aromatic heterocycles. The van der Waals surface area contributed by atoms with Crippen LogP contribution in [0.3, 0.4) is 0 Å². The van der Waals surface area contributed by atoms with E-state index in [-0.39, 0.29) is 11.9 Å². The van der Waals surface area contributed by atoms with Gasteiger partial charge in [-0.1, -0.05) is 6.92 Å². The van der Waals surface area contributed by atoms with Crippen LogP contribution in [0.4, 0.5) is 4.39 Å². The molecular formula is C14H17FO3. The molecule has 0 saturated carbocycles. The van der Waals surface area contributed by atoms with Crippen molar-refractivity contribution in [2.24, 2.45) is 5.41 Å². The van der Waals surface area contributed by atoms with Crippen molar-refractivity contribution in [1.82, 2.24) is 0 Å². The molecule has 2 unspecified atom stereocenters. The molecule has 0 spiro atoms. The van der Waals surface area contributed by atoms with Crippen molar-refractivity contribution < 1.29 is 19.0 Å². The van der Waals surface area contributed by atoms with E-state index in [2.05, 4.69) is 0 Å². The van der Waals surface area contributed by atoms with Gasteiger partial charge in [-0.25, -0.2) is 4.39 Å². The molecule has 0 amide bonds. The molecule has 1 aromatic rings. The van der Waals surface area contributed by atoms with Gasteiger partial charge < -0.3 is 9.84 Å². The molecular weight excluding hydrogens is 235 g/mol. The largest absolute Gasteiger partial charge is 0.490 e. The van der Waals surface area contributed by atoms with Gasteiger partial charge in [0, 0.05) is 18.4 Å². The van der Waals surface area contributed by atoms with Crippen molar-refractivity contribution in [3.8, 4) is 5.75 Å². The first-order valence-electron chi connectivity index (χ1n) is 6.13. The molecule has 18 heavy (non-hydrogen) atoms. The number of aliphatic carboxylic acids is 1. The Morgan fingerprint density at radius 2 is 2.33 bits per heavy atom. The van der Waals surface area contributed by atoms with E-state index in [0.29, 0.717) is 25.0 Å². The van der Waals surface area contributed by atoms with E-state index in [9.17, 15) is 14.3 Å². The summed E-state index contributed by atoms with van der Waals surface area (Å²) < 4.78 is 18.8. The minimum atomic E-state index is -0.810. The molecule has 3 nitrogen and oxygen atoms in total. The summed E-state index contributed by atoms with van der Waals surface area (Å²) in [5.74, 6) is -0.421. The highest BCUT2D eigenvalue weighted by atomic mass is 19.1. The number of ether oxygens (including phenoxy) is 1. The quantitative estimate of drug-likeness (QED) is 0.896. The van der Waals surface area contributed by atoms with Crippen LogP contribution < -0.4 is 4.74 Å². The SMILES string of the molecule is CCC(C)(CC1Cc2cc(F)ccc2O1)C(=O)O. The van der Waals surface area contributed by atoms with Crippen LogP contribution in [0.25, 0.3) is 0 Å². The third-order valence-electron chi connectivity index (χ3n) is 3.74. The van der Waals surface area contributed by atoms with Crippen molar-refractivity contribution >= 4 is 5.97 Å². The molecule has 0 aliphatic carbocycles. The summed E-state index contributed by atoms with van der Waals surface area (Å²) in [6.45, 7) is 3.58. The summed E-state index contributed by atoms with van der Waals surface area (Å²) in [6.07, 6.45) is 1.39. The Kier molecular flexibility index (Phi) is 3.28. The van der Waals surface area contributed by atoms with Crippen molar-refractivity contribution in [3.05, 3.63) is 29.6 Å². The minimum absolute atomic E-state index is 0.178. The Hall–Kier alpha value is -1.58. The fourth-order valence-electron chi connectivity index (χ4n) is 2.29. The van der Waals surface area contributed by atoms with Gasteiger partial charge in [0.1, 0.15) is 17.7 Å². The first-order valence-corrected chi connectivity index (χ1v) is 6.13. The van der Waals surface area contributed by atoms with Crippen LogP contribution in [0.5, 0.6) is 5.75 Å². The number of hydrogen-bond donors (Lipinski definition) is 1. The summed E-state index contributed by atoms with van der Waals surface area (Å²) in [4.78, 5) is 11.3. The molecule has 0 saturated heterocycles. The predicted octanol–water partition coefficient (Wildman–Crippen LogP) is 3.02. The zero-order valence-corrected chi connectivity index (χ0v) is 10.6. The summed E-state index contributed by atoms with van der Waals surface area (Å²) in [6, 6.07) is 4.42. The van der Waals surface area contributed by atoms with Gasteiger partial charge in [0.25, 0.3) is 0 Å². The van der Waals surface area contributed by atoms with Gasteiger partial charge in [0.2, 0.25) is 0 Å². The number of fused-ring (bicyclic) bond motifs is 1. The van der Waals surface area contributed by atoms with Crippen LogP contribution in [-0.2, 0) is 11.2 Å². The van der Waals surface area contributed by atoms with Crippen molar-refractivity contribution in [2.45, 2.75) is 39.2 Å². The zero-order chi connectivity index (χ0) is 13.3. The van der Waals surface area contributed by atoms with E-state index in [1.807, 2.05) is 6.92 Å². The smallest absolute Gasteiger partial charge is 0.309 e. The molecule has 0 bridgehead atoms. The average molecular weight is 252 g/mol. The fourth-order valence-corrected chi connectivity index (χ4v) is 2.29.